The molecule has 5 rings (SSSR count). The first-order valence-corrected chi connectivity index (χ1v) is 12.7. The van der Waals surface area contributed by atoms with Gasteiger partial charge < -0.3 is 28.7 Å². The molecule has 0 saturated heterocycles. The molecule has 1 aliphatic heterocycles. The van der Waals surface area contributed by atoms with Crippen LogP contribution in [-0.2, 0) is 4.79 Å². The van der Waals surface area contributed by atoms with Gasteiger partial charge in [-0.2, -0.15) is 0 Å². The molecule has 1 fully saturated rings. The first-order chi connectivity index (χ1) is 18.9. The second-order valence-corrected chi connectivity index (χ2v) is 9.44. The summed E-state index contributed by atoms with van der Waals surface area (Å²) >= 11 is 0. The average molecular weight is 535 g/mol. The second kappa shape index (κ2) is 11.1. The van der Waals surface area contributed by atoms with Crippen molar-refractivity contribution in [2.45, 2.75) is 44.7 Å². The van der Waals surface area contributed by atoms with Gasteiger partial charge in [0.1, 0.15) is 6.04 Å². The maximum Gasteiger partial charge on any atom is 0.294 e. The highest BCUT2D eigenvalue weighted by molar-refractivity contribution is 6.13. The van der Waals surface area contributed by atoms with E-state index in [9.17, 15) is 14.4 Å². The van der Waals surface area contributed by atoms with Crippen LogP contribution in [0.15, 0.2) is 53.1 Å². The highest BCUT2D eigenvalue weighted by Gasteiger charge is 2.38. The maximum atomic E-state index is 14.1. The zero-order valence-electron chi connectivity index (χ0n) is 22.0. The molecule has 2 aromatic carbocycles. The monoisotopic (exact) mass is 534 g/mol. The zero-order valence-corrected chi connectivity index (χ0v) is 22.0. The number of methoxy groups -OCH3 is 2. The predicted molar refractivity (Wildman–Crippen MR) is 141 cm³/mol. The fourth-order valence-corrected chi connectivity index (χ4v) is 5.09. The molecule has 204 valence electrons. The summed E-state index contributed by atoms with van der Waals surface area (Å²) in [5.41, 5.74) is 0.836. The molecule has 1 N–H and O–H groups in total. The lowest BCUT2D eigenvalue weighted by atomic mass is 9.98. The largest absolute Gasteiger partial charge is 0.493 e. The molecular formula is C29H30N2O8. The van der Waals surface area contributed by atoms with Crippen LogP contribution in [0.1, 0.15) is 65.1 Å². The molecule has 2 aliphatic rings. The van der Waals surface area contributed by atoms with Crippen molar-refractivity contribution in [1.82, 2.24) is 5.32 Å². The van der Waals surface area contributed by atoms with Crippen molar-refractivity contribution >= 4 is 23.3 Å². The predicted octanol–water partition coefficient (Wildman–Crippen LogP) is 4.68. The number of hydrogen-bond donors (Lipinski definition) is 1. The Morgan fingerprint density at radius 3 is 2.33 bits per heavy atom. The number of anilines is 1. The van der Waals surface area contributed by atoms with E-state index in [1.807, 2.05) is 0 Å². The fourth-order valence-electron chi connectivity index (χ4n) is 5.09. The number of fused-ring (bicyclic) bond motifs is 1. The molecule has 10 heteroatoms. The van der Waals surface area contributed by atoms with Crippen LogP contribution < -0.4 is 29.2 Å². The van der Waals surface area contributed by atoms with Gasteiger partial charge >= 0.3 is 0 Å². The van der Waals surface area contributed by atoms with Crippen LogP contribution >= 0.6 is 0 Å². The number of Topliss-reactive ketones (excluding diaryl/α,β-unsaturated/α-hetero) is 1. The summed E-state index contributed by atoms with van der Waals surface area (Å²) in [5.74, 6) is 0.263. The van der Waals surface area contributed by atoms with Gasteiger partial charge in [-0.1, -0.05) is 18.9 Å². The van der Waals surface area contributed by atoms with Gasteiger partial charge in [-0.05, 0) is 55.7 Å². The Hall–Kier alpha value is -4.47. The maximum absolute atomic E-state index is 14.1. The third-order valence-corrected chi connectivity index (χ3v) is 7.01. The summed E-state index contributed by atoms with van der Waals surface area (Å²) in [6.07, 6.45) is 5.09. The Bertz CT molecular complexity index is 1380. The van der Waals surface area contributed by atoms with E-state index in [4.69, 9.17) is 23.4 Å². The van der Waals surface area contributed by atoms with E-state index in [-0.39, 0.29) is 35.6 Å². The number of nitrogens with one attached hydrogen (secondary N) is 1. The first kappa shape index (κ1) is 26.1. The highest BCUT2D eigenvalue weighted by atomic mass is 16.7. The number of rotatable bonds is 9. The number of carbonyl (C=O) groups excluding carboxylic acids is 3. The van der Waals surface area contributed by atoms with Gasteiger partial charge in [-0.15, -0.1) is 0 Å². The summed E-state index contributed by atoms with van der Waals surface area (Å²) in [4.78, 5) is 42.4. The molecule has 1 atom stereocenters. The molecule has 10 nitrogen and oxygen atoms in total. The first-order valence-electron chi connectivity index (χ1n) is 12.7. The molecule has 0 spiro atoms. The number of hydrogen-bond acceptors (Lipinski definition) is 8. The van der Waals surface area contributed by atoms with Crippen molar-refractivity contribution in [2.24, 2.45) is 0 Å². The molecule has 3 aromatic rings. The Labute approximate surface area is 225 Å². The SMILES string of the molecule is COc1ccc([C@@H](C(=O)NC2CCCC2)N(C(=O)c2ccco2)c2cc3c(cc2C(C)=O)OCO3)cc1OC. The van der Waals surface area contributed by atoms with E-state index in [1.165, 1.54) is 44.4 Å². The molecule has 2 amide bonds. The lowest BCUT2D eigenvalue weighted by Gasteiger charge is -2.33. The minimum atomic E-state index is -1.19. The summed E-state index contributed by atoms with van der Waals surface area (Å²) in [6, 6.07) is 9.98. The Morgan fingerprint density at radius 1 is 0.974 bits per heavy atom. The third-order valence-electron chi connectivity index (χ3n) is 7.01. The van der Waals surface area contributed by atoms with Crippen molar-refractivity contribution < 1.29 is 37.7 Å². The average Bonchev–Trinajstić information content (AvgIpc) is 3.73. The molecule has 1 aromatic heterocycles. The fraction of sp³-hybridized carbons (Fsp3) is 0.345. The molecule has 1 aliphatic carbocycles. The van der Waals surface area contributed by atoms with E-state index in [0.717, 1.165) is 25.7 Å². The van der Waals surface area contributed by atoms with E-state index in [0.29, 0.717) is 28.6 Å². The highest BCUT2D eigenvalue weighted by Crippen LogP contribution is 2.43. The second-order valence-electron chi connectivity index (χ2n) is 9.44. The number of furan rings is 1. The smallest absolute Gasteiger partial charge is 0.294 e. The molecule has 39 heavy (non-hydrogen) atoms. The van der Waals surface area contributed by atoms with Crippen LogP contribution in [0.25, 0.3) is 0 Å². The number of ether oxygens (including phenoxy) is 4. The summed E-state index contributed by atoms with van der Waals surface area (Å²) in [5, 5.41) is 3.12. The van der Waals surface area contributed by atoms with Gasteiger partial charge in [-0.25, -0.2) is 0 Å². The number of benzene rings is 2. The van der Waals surface area contributed by atoms with E-state index >= 15 is 0 Å². The van der Waals surface area contributed by atoms with Crippen LogP contribution in [0.3, 0.4) is 0 Å². The normalized spacial score (nSPS) is 15.1. The number of ketones is 1. The molecule has 0 bridgehead atoms. The van der Waals surface area contributed by atoms with Gasteiger partial charge in [0.05, 0.1) is 26.2 Å². The van der Waals surface area contributed by atoms with Crippen molar-refractivity contribution in [1.29, 1.82) is 0 Å². The minimum Gasteiger partial charge on any atom is -0.493 e. The number of carbonyl (C=O) groups is 3. The lowest BCUT2D eigenvalue weighted by molar-refractivity contribution is -0.123. The standard InChI is InChI=1S/C29H30N2O8/c1-17(32)20-14-25-26(39-16-38-25)15-21(20)31(29(34)23-9-6-12-37-23)27(28(33)30-19-7-4-5-8-19)18-10-11-22(35-2)24(13-18)36-3/h6,9-15,19,27H,4-5,7-8,16H2,1-3H3,(H,30,33)/t27-/m0/s1. The van der Waals surface area contributed by atoms with Crippen molar-refractivity contribution in [2.75, 3.05) is 25.9 Å². The third kappa shape index (κ3) is 5.14. The molecule has 0 unspecified atom stereocenters. The molecule has 2 heterocycles. The van der Waals surface area contributed by atoms with Crippen molar-refractivity contribution in [3.05, 3.63) is 65.6 Å². The van der Waals surface area contributed by atoms with E-state index < -0.39 is 17.9 Å². The van der Waals surface area contributed by atoms with Crippen molar-refractivity contribution in [3.63, 3.8) is 0 Å². The lowest BCUT2D eigenvalue weighted by Crippen LogP contribution is -2.46. The summed E-state index contributed by atoms with van der Waals surface area (Å²) in [6.45, 7) is 1.37. The Kier molecular flexibility index (Phi) is 7.44. The van der Waals surface area contributed by atoms with Gasteiger partial charge in [0.25, 0.3) is 5.91 Å². The van der Waals surface area contributed by atoms with Gasteiger partial charge in [0.2, 0.25) is 12.7 Å². The Balaban J connectivity index is 1.72. The van der Waals surface area contributed by atoms with Gasteiger partial charge in [-0.3, -0.25) is 19.3 Å². The number of amides is 2. The van der Waals surface area contributed by atoms with Crippen molar-refractivity contribution in [3.8, 4) is 23.0 Å². The van der Waals surface area contributed by atoms with Gasteiger partial charge in [0, 0.05) is 17.7 Å². The van der Waals surface area contributed by atoms with E-state index in [2.05, 4.69) is 5.32 Å². The van der Waals surface area contributed by atoms with Crippen LogP contribution in [0, 0.1) is 0 Å². The number of nitrogens with zero attached hydrogens (tertiary/aromatic N) is 1. The van der Waals surface area contributed by atoms with Crippen LogP contribution in [-0.4, -0.2) is 44.7 Å². The topological polar surface area (TPSA) is 117 Å². The van der Waals surface area contributed by atoms with Crippen LogP contribution in [0.2, 0.25) is 0 Å². The van der Waals surface area contributed by atoms with Crippen LogP contribution in [0.4, 0.5) is 5.69 Å². The van der Waals surface area contributed by atoms with E-state index in [1.54, 1.807) is 30.3 Å². The van der Waals surface area contributed by atoms with Crippen LogP contribution in [0.5, 0.6) is 23.0 Å². The molecule has 0 radical (unpaired) electrons. The Morgan fingerprint density at radius 2 is 1.69 bits per heavy atom. The zero-order chi connectivity index (χ0) is 27.5. The van der Waals surface area contributed by atoms with Gasteiger partial charge in [0.15, 0.2) is 34.5 Å². The quantitative estimate of drug-likeness (QED) is 0.394. The summed E-state index contributed by atoms with van der Waals surface area (Å²) < 4.78 is 27.4. The summed E-state index contributed by atoms with van der Waals surface area (Å²) in [7, 11) is 3.01. The molecular weight excluding hydrogens is 504 g/mol. The molecule has 1 saturated carbocycles. The minimum absolute atomic E-state index is 0.00121.